The number of hydrogen-bond donors (Lipinski definition) is 0. The summed E-state index contributed by atoms with van der Waals surface area (Å²) >= 11 is 6.07. The Hall–Kier alpha value is -2.15. The highest BCUT2D eigenvalue weighted by Gasteiger charge is 2.18. The Morgan fingerprint density at radius 1 is 1.48 bits per heavy atom. The van der Waals surface area contributed by atoms with Crippen molar-refractivity contribution in [1.29, 1.82) is 0 Å². The number of methoxy groups -OCH3 is 1. The van der Waals surface area contributed by atoms with Crippen molar-refractivity contribution in [2.24, 2.45) is 0 Å². The number of amides is 1. The summed E-state index contributed by atoms with van der Waals surface area (Å²) in [5.74, 6) is 0.464. The van der Waals surface area contributed by atoms with Gasteiger partial charge in [0.15, 0.2) is 0 Å². The zero-order valence-electron chi connectivity index (χ0n) is 12.3. The van der Waals surface area contributed by atoms with Crippen LogP contribution >= 0.6 is 11.6 Å². The molecule has 8 heteroatoms. The van der Waals surface area contributed by atoms with Crippen LogP contribution in [-0.2, 0) is 11.3 Å². The maximum atomic E-state index is 12.3. The van der Waals surface area contributed by atoms with Crippen LogP contribution in [0, 0.1) is 13.8 Å². The van der Waals surface area contributed by atoms with Crippen LogP contribution in [0.2, 0.25) is 5.02 Å². The normalized spacial score (nSPS) is 10.5. The second kappa shape index (κ2) is 6.09. The van der Waals surface area contributed by atoms with Gasteiger partial charge < -0.3 is 4.74 Å². The van der Waals surface area contributed by atoms with Gasteiger partial charge in [0.25, 0.3) is 5.91 Å². The number of hydrogen-bond acceptors (Lipinski definition) is 5. The Kier molecular flexibility index (Phi) is 4.42. The molecule has 0 radical (unpaired) electrons. The number of rotatable bonds is 4. The average molecular weight is 310 g/mol. The summed E-state index contributed by atoms with van der Waals surface area (Å²) in [4.78, 5) is 21.8. The van der Waals surface area contributed by atoms with Crippen molar-refractivity contribution in [3.63, 3.8) is 0 Å². The van der Waals surface area contributed by atoms with Gasteiger partial charge in [-0.3, -0.25) is 14.4 Å². The van der Waals surface area contributed by atoms with Gasteiger partial charge in [-0.1, -0.05) is 11.6 Å². The highest BCUT2D eigenvalue weighted by molar-refractivity contribution is 6.31. The van der Waals surface area contributed by atoms with E-state index >= 15 is 0 Å². The molecule has 2 aromatic rings. The van der Waals surface area contributed by atoms with Gasteiger partial charge >= 0.3 is 0 Å². The molecule has 2 aromatic heterocycles. The molecule has 0 atom stereocenters. The van der Waals surface area contributed by atoms with E-state index in [4.69, 9.17) is 16.3 Å². The third kappa shape index (κ3) is 3.13. The largest absolute Gasteiger partial charge is 0.481 e. The van der Waals surface area contributed by atoms with Gasteiger partial charge in [0.1, 0.15) is 6.54 Å². The highest BCUT2D eigenvalue weighted by Crippen LogP contribution is 2.19. The number of aryl methyl sites for hydroxylation is 1. The minimum absolute atomic E-state index is 0.0659. The molecule has 0 fully saturated rings. The second-order valence-electron chi connectivity index (χ2n) is 4.49. The summed E-state index contributed by atoms with van der Waals surface area (Å²) in [6.07, 6.45) is 1.53. The third-order valence-electron chi connectivity index (χ3n) is 3.08. The fourth-order valence-electron chi connectivity index (χ4n) is 1.78. The molecule has 112 valence electrons. The smallest absolute Gasteiger partial charge is 0.250 e. The molecule has 1 amide bonds. The summed E-state index contributed by atoms with van der Waals surface area (Å²) in [5, 5.41) is 4.80. The van der Waals surface area contributed by atoms with E-state index in [1.807, 2.05) is 6.92 Å². The molecule has 0 aliphatic carbocycles. The van der Waals surface area contributed by atoms with Crippen LogP contribution in [0.5, 0.6) is 5.88 Å². The van der Waals surface area contributed by atoms with E-state index in [0.717, 1.165) is 5.69 Å². The van der Waals surface area contributed by atoms with Gasteiger partial charge in [-0.25, -0.2) is 4.98 Å². The van der Waals surface area contributed by atoms with Crippen molar-refractivity contribution >= 4 is 23.5 Å². The summed E-state index contributed by atoms with van der Waals surface area (Å²) < 4.78 is 6.58. The molecule has 0 saturated heterocycles. The molecule has 0 unspecified atom stereocenters. The maximum absolute atomic E-state index is 12.3. The molecule has 0 N–H and O–H groups in total. The lowest BCUT2D eigenvalue weighted by Gasteiger charge is -2.15. The van der Waals surface area contributed by atoms with E-state index in [1.165, 1.54) is 18.2 Å². The minimum atomic E-state index is -0.203. The Morgan fingerprint density at radius 2 is 2.19 bits per heavy atom. The number of likely N-dealkylation sites (N-methyl/N-ethyl adjacent to an activating group) is 1. The Morgan fingerprint density at radius 3 is 2.76 bits per heavy atom. The molecule has 0 bridgehead atoms. The molecule has 0 aliphatic rings. The summed E-state index contributed by atoms with van der Waals surface area (Å²) in [6, 6.07) is 1.61. The van der Waals surface area contributed by atoms with Crippen molar-refractivity contribution in [3.05, 3.63) is 28.7 Å². The lowest BCUT2D eigenvalue weighted by Crippen LogP contribution is -2.32. The molecule has 0 spiro atoms. The van der Waals surface area contributed by atoms with Crippen LogP contribution in [0.1, 0.15) is 11.4 Å². The van der Waals surface area contributed by atoms with Gasteiger partial charge in [0, 0.05) is 19.3 Å². The van der Waals surface area contributed by atoms with Gasteiger partial charge in [-0.05, 0) is 13.8 Å². The van der Waals surface area contributed by atoms with Crippen LogP contribution < -0.4 is 9.64 Å². The van der Waals surface area contributed by atoms with Crippen molar-refractivity contribution in [1.82, 2.24) is 19.7 Å². The van der Waals surface area contributed by atoms with Crippen LogP contribution in [0.3, 0.4) is 0 Å². The number of halogens is 1. The fourth-order valence-corrected chi connectivity index (χ4v) is 1.92. The Balaban J connectivity index is 2.17. The summed E-state index contributed by atoms with van der Waals surface area (Å²) in [5.41, 5.74) is 1.45. The molecule has 0 saturated carbocycles. The third-order valence-corrected chi connectivity index (χ3v) is 3.63. The topological polar surface area (TPSA) is 73.1 Å². The van der Waals surface area contributed by atoms with Crippen molar-refractivity contribution in [2.75, 3.05) is 19.1 Å². The first-order chi connectivity index (χ1) is 9.93. The minimum Gasteiger partial charge on any atom is -0.481 e. The Labute approximate surface area is 127 Å². The molecule has 7 nitrogen and oxygen atoms in total. The SMILES string of the molecule is COc1ccnc(N(C)C(=O)Cn2nc(C)c(Cl)c2C)n1. The number of aromatic nitrogens is 4. The van der Waals surface area contributed by atoms with Crippen LogP contribution in [0.25, 0.3) is 0 Å². The fraction of sp³-hybridized carbons (Fsp3) is 0.385. The van der Waals surface area contributed by atoms with Crippen LogP contribution in [0.15, 0.2) is 12.3 Å². The van der Waals surface area contributed by atoms with Gasteiger partial charge in [0.2, 0.25) is 11.8 Å². The predicted molar refractivity (Wildman–Crippen MR) is 78.7 cm³/mol. The maximum Gasteiger partial charge on any atom is 0.250 e. The number of ether oxygens (including phenoxy) is 1. The van der Waals surface area contributed by atoms with Crippen molar-refractivity contribution in [2.45, 2.75) is 20.4 Å². The predicted octanol–water partition coefficient (Wildman–Crippen LogP) is 1.61. The number of anilines is 1. The molecular formula is C13H16ClN5O2. The van der Waals surface area contributed by atoms with E-state index in [9.17, 15) is 4.79 Å². The summed E-state index contributed by atoms with van der Waals surface area (Å²) in [7, 11) is 3.11. The molecule has 2 rings (SSSR count). The first-order valence-electron chi connectivity index (χ1n) is 6.27. The second-order valence-corrected chi connectivity index (χ2v) is 4.87. The number of carbonyl (C=O) groups excluding carboxylic acids is 1. The van der Waals surface area contributed by atoms with E-state index in [1.54, 1.807) is 24.7 Å². The van der Waals surface area contributed by atoms with Crippen LogP contribution in [0.4, 0.5) is 5.95 Å². The van der Waals surface area contributed by atoms with Crippen LogP contribution in [-0.4, -0.2) is 39.8 Å². The Bertz CT molecular complexity index is 671. The number of carbonyl (C=O) groups is 1. The molecule has 0 aromatic carbocycles. The van der Waals surface area contributed by atoms with E-state index < -0.39 is 0 Å². The van der Waals surface area contributed by atoms with E-state index in [2.05, 4.69) is 15.1 Å². The quantitative estimate of drug-likeness (QED) is 0.858. The molecule has 21 heavy (non-hydrogen) atoms. The van der Waals surface area contributed by atoms with Gasteiger partial charge in [-0.2, -0.15) is 10.1 Å². The lowest BCUT2D eigenvalue weighted by molar-refractivity contribution is -0.119. The zero-order chi connectivity index (χ0) is 15.6. The average Bonchev–Trinajstić information content (AvgIpc) is 2.73. The molecule has 2 heterocycles. The van der Waals surface area contributed by atoms with Crippen molar-refractivity contribution in [3.8, 4) is 5.88 Å². The molecular weight excluding hydrogens is 294 g/mol. The first kappa shape index (κ1) is 15.2. The summed E-state index contributed by atoms with van der Waals surface area (Å²) in [6.45, 7) is 3.68. The van der Waals surface area contributed by atoms with E-state index in [-0.39, 0.29) is 18.4 Å². The highest BCUT2D eigenvalue weighted by atomic mass is 35.5. The van der Waals surface area contributed by atoms with Gasteiger partial charge in [0.05, 0.1) is 23.5 Å². The van der Waals surface area contributed by atoms with E-state index in [0.29, 0.717) is 16.6 Å². The zero-order valence-corrected chi connectivity index (χ0v) is 13.0. The number of nitrogens with zero attached hydrogens (tertiary/aromatic N) is 5. The molecule has 0 aliphatic heterocycles. The monoisotopic (exact) mass is 309 g/mol. The lowest BCUT2D eigenvalue weighted by atomic mass is 10.4. The standard InChI is InChI=1S/C13H16ClN5O2/c1-8-12(14)9(2)19(17-8)7-11(20)18(3)13-15-6-5-10(16-13)21-4/h5-6H,7H2,1-4H3. The first-order valence-corrected chi connectivity index (χ1v) is 6.65. The van der Waals surface area contributed by atoms with Crippen molar-refractivity contribution < 1.29 is 9.53 Å². The van der Waals surface area contributed by atoms with Gasteiger partial charge in [-0.15, -0.1) is 0 Å².